The smallest absolute Gasteiger partial charge is 0.0279 e. The zero-order valence-electron chi connectivity index (χ0n) is 5.15. The van der Waals surface area contributed by atoms with Crippen LogP contribution < -0.4 is 16.6 Å². The van der Waals surface area contributed by atoms with Gasteiger partial charge in [0.2, 0.25) is 0 Å². The molecule has 0 radical (unpaired) electrons. The molecule has 0 atom stereocenters. The lowest BCUT2D eigenvalue weighted by molar-refractivity contribution is 0.818. The van der Waals surface area contributed by atoms with Crippen LogP contribution in [0.25, 0.3) is 0 Å². The second-order valence-electron chi connectivity index (χ2n) is 1.44. The van der Waals surface area contributed by atoms with Crippen LogP contribution in [0.2, 0.25) is 0 Å². The highest BCUT2D eigenvalue weighted by atomic mass is 15.2. The Balaban J connectivity index is 2.83. The molecule has 0 aliphatic heterocycles. The van der Waals surface area contributed by atoms with Gasteiger partial charge in [-0.3, -0.25) is 11.3 Å². The molecule has 0 aliphatic carbocycles. The van der Waals surface area contributed by atoms with Gasteiger partial charge < -0.3 is 5.32 Å². The zero-order chi connectivity index (χ0) is 6.24. The maximum atomic E-state index is 4.99. The Morgan fingerprint density at radius 1 is 1.38 bits per heavy atom. The Morgan fingerprint density at radius 2 is 2.00 bits per heavy atom. The predicted octanol–water partition coefficient (Wildman–Crippen LogP) is -0.775. The molecule has 0 spiro atoms. The minimum absolute atomic E-state index is 0.738. The van der Waals surface area contributed by atoms with Crippen molar-refractivity contribution in [2.24, 2.45) is 5.84 Å². The van der Waals surface area contributed by atoms with E-state index in [9.17, 15) is 0 Å². The van der Waals surface area contributed by atoms with Gasteiger partial charge in [0.25, 0.3) is 0 Å². The first kappa shape index (κ1) is 7.62. The van der Waals surface area contributed by atoms with E-state index in [0.29, 0.717) is 0 Å². The fourth-order valence-electron chi connectivity index (χ4n) is 0.353. The molecule has 0 amide bonds. The highest BCUT2D eigenvalue weighted by Crippen LogP contribution is 1.63. The molecule has 0 unspecified atom stereocenters. The number of hydrogen-bond donors (Lipinski definition) is 3. The van der Waals surface area contributed by atoms with Crippen LogP contribution >= 0.6 is 0 Å². The third kappa shape index (κ3) is 5.62. The van der Waals surface area contributed by atoms with E-state index in [4.69, 9.17) is 5.84 Å². The first-order valence-electron chi connectivity index (χ1n) is 2.65. The van der Waals surface area contributed by atoms with Gasteiger partial charge >= 0.3 is 0 Å². The first-order valence-corrected chi connectivity index (χ1v) is 2.65. The van der Waals surface area contributed by atoms with Crippen molar-refractivity contribution >= 4 is 0 Å². The van der Waals surface area contributed by atoms with Crippen LogP contribution in [-0.4, -0.2) is 20.1 Å². The molecular weight excluding hydrogens is 102 g/mol. The third-order valence-electron chi connectivity index (χ3n) is 0.724. The highest BCUT2D eigenvalue weighted by molar-refractivity contribution is 4.84. The summed E-state index contributed by atoms with van der Waals surface area (Å²) in [5.41, 5.74) is 2.51. The summed E-state index contributed by atoms with van der Waals surface area (Å²) in [6.45, 7) is 1.64. The molecule has 3 nitrogen and oxygen atoms in total. The molecule has 0 bridgehead atoms. The van der Waals surface area contributed by atoms with E-state index >= 15 is 0 Å². The van der Waals surface area contributed by atoms with Crippen LogP contribution in [-0.2, 0) is 0 Å². The summed E-state index contributed by atoms with van der Waals surface area (Å²) in [7, 11) is 1.90. The monoisotopic (exact) mass is 115 g/mol. The second kappa shape index (κ2) is 6.62. The highest BCUT2D eigenvalue weighted by Gasteiger charge is 1.69. The summed E-state index contributed by atoms with van der Waals surface area (Å²) in [5, 5.41) is 2.97. The Hall–Kier alpha value is -0.380. The molecule has 0 saturated carbocycles. The maximum absolute atomic E-state index is 4.99. The van der Waals surface area contributed by atoms with Crippen molar-refractivity contribution in [1.82, 2.24) is 10.7 Å². The summed E-state index contributed by atoms with van der Waals surface area (Å²) in [4.78, 5) is 0. The van der Waals surface area contributed by atoms with Gasteiger partial charge in [0.15, 0.2) is 0 Å². The number of nitrogens with one attached hydrogen (secondary N) is 2. The molecule has 0 aliphatic rings. The Kier molecular flexibility index (Phi) is 6.31. The van der Waals surface area contributed by atoms with E-state index in [-0.39, 0.29) is 0 Å². The van der Waals surface area contributed by atoms with E-state index in [1.165, 1.54) is 0 Å². The molecule has 0 saturated heterocycles. The number of rotatable bonds is 4. The number of hydrazine groups is 1. The summed E-state index contributed by atoms with van der Waals surface area (Å²) < 4.78 is 0. The summed E-state index contributed by atoms with van der Waals surface area (Å²) >= 11 is 0. The lowest BCUT2D eigenvalue weighted by Gasteiger charge is -1.88. The summed E-state index contributed by atoms with van der Waals surface area (Å²) in [5.74, 6) is 4.99. The van der Waals surface area contributed by atoms with Gasteiger partial charge in [-0.2, -0.15) is 0 Å². The van der Waals surface area contributed by atoms with Crippen LogP contribution in [0.3, 0.4) is 0 Å². The molecular formula is C5H13N3. The normalized spacial score (nSPS) is 10.8. The molecule has 0 aromatic rings. The van der Waals surface area contributed by atoms with Crippen molar-refractivity contribution in [1.29, 1.82) is 0 Å². The van der Waals surface area contributed by atoms with Crippen molar-refractivity contribution < 1.29 is 0 Å². The number of nitrogens with two attached hydrogens (primary N) is 1. The molecule has 0 aromatic carbocycles. The number of likely N-dealkylation sites (N-methyl/N-ethyl adjacent to an activating group) is 1. The topological polar surface area (TPSA) is 50.1 Å². The van der Waals surface area contributed by atoms with Crippen LogP contribution in [0.5, 0.6) is 0 Å². The zero-order valence-corrected chi connectivity index (χ0v) is 5.15. The minimum Gasteiger partial charge on any atom is -0.316 e. The van der Waals surface area contributed by atoms with Crippen molar-refractivity contribution in [3.63, 3.8) is 0 Å². The fraction of sp³-hybridized carbons (Fsp3) is 0.600. The van der Waals surface area contributed by atoms with E-state index < -0.39 is 0 Å². The van der Waals surface area contributed by atoms with Crippen LogP contribution in [0.15, 0.2) is 12.2 Å². The summed E-state index contributed by atoms with van der Waals surface area (Å²) in [6, 6.07) is 0. The average molecular weight is 115 g/mol. The van der Waals surface area contributed by atoms with Crippen LogP contribution in [0, 0.1) is 0 Å². The summed E-state index contributed by atoms with van der Waals surface area (Å²) in [6.07, 6.45) is 3.98. The molecule has 8 heavy (non-hydrogen) atoms. The average Bonchev–Trinajstić information content (AvgIpc) is 1.81. The van der Waals surface area contributed by atoms with Crippen LogP contribution in [0.1, 0.15) is 0 Å². The van der Waals surface area contributed by atoms with E-state index in [1.807, 2.05) is 19.2 Å². The first-order chi connectivity index (χ1) is 3.91. The van der Waals surface area contributed by atoms with Gasteiger partial charge in [0.1, 0.15) is 0 Å². The Labute approximate surface area is 49.9 Å². The Bertz CT molecular complexity index is 52.7. The molecule has 3 heteroatoms. The number of hydrogen-bond acceptors (Lipinski definition) is 3. The van der Waals surface area contributed by atoms with Crippen molar-refractivity contribution in [3.8, 4) is 0 Å². The van der Waals surface area contributed by atoms with E-state index in [2.05, 4.69) is 10.7 Å². The van der Waals surface area contributed by atoms with Gasteiger partial charge in [0.05, 0.1) is 0 Å². The van der Waals surface area contributed by atoms with E-state index in [0.717, 1.165) is 13.1 Å². The third-order valence-corrected chi connectivity index (χ3v) is 0.724. The minimum atomic E-state index is 0.738. The van der Waals surface area contributed by atoms with Crippen molar-refractivity contribution in [2.45, 2.75) is 0 Å². The maximum Gasteiger partial charge on any atom is 0.0279 e. The quantitative estimate of drug-likeness (QED) is 0.256. The van der Waals surface area contributed by atoms with Gasteiger partial charge in [0, 0.05) is 13.1 Å². The van der Waals surface area contributed by atoms with Gasteiger partial charge in [-0.15, -0.1) is 0 Å². The van der Waals surface area contributed by atoms with Gasteiger partial charge in [-0.1, -0.05) is 12.2 Å². The standard InChI is InChI=1S/C5H13N3/c1-7-4-2-3-5-8-6/h2-3,7-8H,4-6H2,1H3/b3-2+. The van der Waals surface area contributed by atoms with Crippen molar-refractivity contribution in [2.75, 3.05) is 20.1 Å². The SMILES string of the molecule is CNC/C=C/CNN. The van der Waals surface area contributed by atoms with Gasteiger partial charge in [-0.25, -0.2) is 0 Å². The molecule has 4 N–H and O–H groups in total. The lowest BCUT2D eigenvalue weighted by Crippen LogP contribution is -2.21. The largest absolute Gasteiger partial charge is 0.316 e. The molecule has 0 rings (SSSR count). The van der Waals surface area contributed by atoms with Crippen LogP contribution in [0.4, 0.5) is 0 Å². The molecule has 48 valence electrons. The van der Waals surface area contributed by atoms with Crippen molar-refractivity contribution in [3.05, 3.63) is 12.2 Å². The lowest BCUT2D eigenvalue weighted by atomic mass is 10.5. The fourth-order valence-corrected chi connectivity index (χ4v) is 0.353. The second-order valence-corrected chi connectivity index (χ2v) is 1.44. The molecule has 0 heterocycles. The Morgan fingerprint density at radius 3 is 2.50 bits per heavy atom. The molecule has 0 fully saturated rings. The molecule has 0 aromatic heterocycles. The van der Waals surface area contributed by atoms with Gasteiger partial charge in [-0.05, 0) is 7.05 Å². The van der Waals surface area contributed by atoms with E-state index in [1.54, 1.807) is 0 Å². The predicted molar refractivity (Wildman–Crippen MR) is 35.3 cm³/mol.